The Bertz CT molecular complexity index is 481. The van der Waals surface area contributed by atoms with Crippen molar-refractivity contribution in [1.29, 1.82) is 0 Å². The second kappa shape index (κ2) is 7.04. The minimum absolute atomic E-state index is 0.152. The van der Waals surface area contributed by atoms with Crippen LogP contribution in [0.5, 0.6) is 0 Å². The van der Waals surface area contributed by atoms with Crippen LogP contribution in [0.25, 0.3) is 0 Å². The van der Waals surface area contributed by atoms with Crippen LogP contribution in [0.3, 0.4) is 0 Å². The van der Waals surface area contributed by atoms with Gasteiger partial charge in [-0.15, -0.1) is 11.3 Å². The Morgan fingerprint density at radius 2 is 2.10 bits per heavy atom. The maximum absolute atomic E-state index is 12.3. The predicted octanol–water partition coefficient (Wildman–Crippen LogP) is 2.29. The van der Waals surface area contributed by atoms with E-state index >= 15 is 0 Å². The smallest absolute Gasteiger partial charge is 0.331 e. The Balaban J connectivity index is 2.00. The number of carboxylic acid groups (broad SMARTS) is 1. The molecule has 1 amide bonds. The van der Waals surface area contributed by atoms with Crippen LogP contribution in [-0.2, 0) is 9.59 Å². The minimum Gasteiger partial charge on any atom is -0.479 e. The molecule has 0 aromatic carbocycles. The van der Waals surface area contributed by atoms with Crippen molar-refractivity contribution in [3.63, 3.8) is 0 Å². The maximum Gasteiger partial charge on any atom is 0.331 e. The van der Waals surface area contributed by atoms with Crippen LogP contribution in [0.1, 0.15) is 49.4 Å². The summed E-state index contributed by atoms with van der Waals surface area (Å²) in [4.78, 5) is 24.2. The lowest BCUT2D eigenvalue weighted by atomic mass is 9.71. The van der Waals surface area contributed by atoms with Gasteiger partial charge in [-0.2, -0.15) is 0 Å². The second-order valence-electron chi connectivity index (χ2n) is 5.80. The number of thiophene rings is 1. The van der Waals surface area contributed by atoms with Crippen molar-refractivity contribution in [1.82, 2.24) is 5.32 Å². The van der Waals surface area contributed by atoms with Gasteiger partial charge >= 0.3 is 5.97 Å². The standard InChI is InChI=1S/C15H22N2O3S/c16-10-15(6-2-1-3-7-15)9-12(18)17-13(14(19)20)11-5-4-8-21-11/h4-5,8,13H,1-3,6-7,9-10,16H2,(H,17,18)(H,19,20). The third-order valence-electron chi connectivity index (χ3n) is 4.26. The van der Waals surface area contributed by atoms with E-state index in [9.17, 15) is 14.7 Å². The quantitative estimate of drug-likeness (QED) is 0.751. The third-order valence-corrected chi connectivity index (χ3v) is 5.20. The lowest BCUT2D eigenvalue weighted by Gasteiger charge is -2.35. The molecule has 1 heterocycles. The normalized spacial score (nSPS) is 18.9. The molecular weight excluding hydrogens is 288 g/mol. The fourth-order valence-corrected chi connectivity index (χ4v) is 3.78. The number of hydrogen-bond acceptors (Lipinski definition) is 4. The number of carbonyl (C=O) groups excluding carboxylic acids is 1. The zero-order valence-corrected chi connectivity index (χ0v) is 12.8. The van der Waals surface area contributed by atoms with Crippen LogP contribution >= 0.6 is 11.3 Å². The second-order valence-corrected chi connectivity index (χ2v) is 6.78. The first-order valence-corrected chi connectivity index (χ1v) is 8.20. The predicted molar refractivity (Wildman–Crippen MR) is 82.0 cm³/mol. The van der Waals surface area contributed by atoms with Crippen molar-refractivity contribution in [3.8, 4) is 0 Å². The molecule has 1 atom stereocenters. The topological polar surface area (TPSA) is 92.4 Å². The van der Waals surface area contributed by atoms with Gasteiger partial charge in [0.15, 0.2) is 6.04 Å². The van der Waals surface area contributed by atoms with E-state index in [-0.39, 0.29) is 11.3 Å². The Kier molecular flexibility index (Phi) is 5.36. The molecule has 0 aliphatic heterocycles. The molecule has 1 aliphatic rings. The first-order chi connectivity index (χ1) is 10.1. The SMILES string of the molecule is NCC1(CC(=O)NC(C(=O)O)c2cccs2)CCCCC1. The number of aliphatic carboxylic acids is 1. The van der Waals surface area contributed by atoms with Gasteiger partial charge in [0.05, 0.1) is 0 Å². The summed E-state index contributed by atoms with van der Waals surface area (Å²) in [6.07, 6.45) is 5.60. The molecule has 116 valence electrons. The van der Waals surface area contributed by atoms with Crippen molar-refractivity contribution in [3.05, 3.63) is 22.4 Å². The Labute approximate surface area is 128 Å². The first kappa shape index (κ1) is 16.0. The van der Waals surface area contributed by atoms with E-state index in [2.05, 4.69) is 5.32 Å². The Morgan fingerprint density at radius 1 is 1.38 bits per heavy atom. The van der Waals surface area contributed by atoms with Gasteiger partial charge in [-0.3, -0.25) is 4.79 Å². The van der Waals surface area contributed by atoms with E-state index in [0.717, 1.165) is 25.7 Å². The summed E-state index contributed by atoms with van der Waals surface area (Å²) >= 11 is 1.33. The maximum atomic E-state index is 12.3. The minimum atomic E-state index is -1.03. The molecule has 1 fully saturated rings. The highest BCUT2D eigenvalue weighted by Gasteiger charge is 2.34. The average Bonchev–Trinajstić information content (AvgIpc) is 2.99. The summed E-state index contributed by atoms with van der Waals surface area (Å²) in [5.74, 6) is -1.25. The van der Waals surface area contributed by atoms with E-state index in [4.69, 9.17) is 5.73 Å². The molecule has 0 radical (unpaired) electrons. The van der Waals surface area contributed by atoms with Crippen molar-refractivity contribution in [2.75, 3.05) is 6.54 Å². The molecule has 21 heavy (non-hydrogen) atoms. The fraction of sp³-hybridized carbons (Fsp3) is 0.600. The number of rotatable bonds is 6. The molecule has 0 bridgehead atoms. The lowest BCUT2D eigenvalue weighted by Crippen LogP contribution is -2.41. The molecule has 6 heteroatoms. The van der Waals surface area contributed by atoms with Gasteiger partial charge in [-0.25, -0.2) is 4.79 Å². The van der Waals surface area contributed by atoms with Crippen LogP contribution in [-0.4, -0.2) is 23.5 Å². The van der Waals surface area contributed by atoms with Gasteiger partial charge in [-0.05, 0) is 36.2 Å². The van der Waals surface area contributed by atoms with Crippen LogP contribution in [0.15, 0.2) is 17.5 Å². The summed E-state index contributed by atoms with van der Waals surface area (Å²) in [6.45, 7) is 0.483. The molecule has 5 nitrogen and oxygen atoms in total. The number of carboxylic acids is 1. The number of nitrogens with one attached hydrogen (secondary N) is 1. The van der Waals surface area contributed by atoms with Crippen LogP contribution < -0.4 is 11.1 Å². The van der Waals surface area contributed by atoms with Crippen LogP contribution in [0.4, 0.5) is 0 Å². The van der Waals surface area contributed by atoms with Gasteiger partial charge in [0.25, 0.3) is 0 Å². The lowest BCUT2D eigenvalue weighted by molar-refractivity contribution is -0.142. The average molecular weight is 310 g/mol. The molecular formula is C15H22N2O3S. The van der Waals surface area contributed by atoms with Gasteiger partial charge < -0.3 is 16.2 Å². The van der Waals surface area contributed by atoms with E-state index in [1.54, 1.807) is 17.5 Å². The van der Waals surface area contributed by atoms with Crippen LogP contribution in [0, 0.1) is 5.41 Å². The number of nitrogens with two attached hydrogens (primary N) is 1. The Morgan fingerprint density at radius 3 is 2.62 bits per heavy atom. The number of amides is 1. The molecule has 1 aromatic rings. The van der Waals surface area contributed by atoms with Crippen molar-refractivity contribution in [2.24, 2.45) is 11.1 Å². The first-order valence-electron chi connectivity index (χ1n) is 7.32. The molecule has 0 saturated heterocycles. The fourth-order valence-electron chi connectivity index (χ4n) is 3.02. The summed E-state index contributed by atoms with van der Waals surface area (Å²) in [6, 6.07) is 2.55. The number of hydrogen-bond donors (Lipinski definition) is 3. The zero-order valence-electron chi connectivity index (χ0n) is 12.0. The highest BCUT2D eigenvalue weighted by molar-refractivity contribution is 7.10. The Hall–Kier alpha value is -1.40. The number of carbonyl (C=O) groups is 2. The van der Waals surface area contributed by atoms with Gasteiger partial charge in [0.1, 0.15) is 0 Å². The van der Waals surface area contributed by atoms with Gasteiger partial charge in [0.2, 0.25) is 5.91 Å². The molecule has 1 aromatic heterocycles. The molecule has 1 unspecified atom stereocenters. The highest BCUT2D eigenvalue weighted by Crippen LogP contribution is 2.38. The van der Waals surface area contributed by atoms with Crippen molar-refractivity contribution in [2.45, 2.75) is 44.6 Å². The molecule has 4 N–H and O–H groups in total. The van der Waals surface area contributed by atoms with Crippen LogP contribution in [0.2, 0.25) is 0 Å². The van der Waals surface area contributed by atoms with E-state index in [1.165, 1.54) is 17.8 Å². The van der Waals surface area contributed by atoms with E-state index in [0.29, 0.717) is 17.8 Å². The monoisotopic (exact) mass is 310 g/mol. The van der Waals surface area contributed by atoms with Crippen molar-refractivity contribution < 1.29 is 14.7 Å². The molecule has 1 aliphatic carbocycles. The van der Waals surface area contributed by atoms with Crippen molar-refractivity contribution >= 4 is 23.2 Å². The zero-order chi connectivity index (χ0) is 15.3. The summed E-state index contributed by atoms with van der Waals surface area (Å²) in [7, 11) is 0. The largest absolute Gasteiger partial charge is 0.479 e. The molecule has 2 rings (SSSR count). The summed E-state index contributed by atoms with van der Waals surface area (Å²) in [5, 5.41) is 13.7. The summed E-state index contributed by atoms with van der Waals surface area (Å²) in [5.41, 5.74) is 5.73. The third kappa shape index (κ3) is 4.04. The van der Waals surface area contributed by atoms with E-state index in [1.807, 2.05) is 0 Å². The van der Waals surface area contributed by atoms with Gasteiger partial charge in [0, 0.05) is 11.3 Å². The van der Waals surface area contributed by atoms with Gasteiger partial charge in [-0.1, -0.05) is 25.3 Å². The highest BCUT2D eigenvalue weighted by atomic mass is 32.1. The van der Waals surface area contributed by atoms with E-state index < -0.39 is 12.0 Å². The molecule has 0 spiro atoms. The summed E-state index contributed by atoms with van der Waals surface area (Å²) < 4.78 is 0. The molecule has 1 saturated carbocycles.